The van der Waals surface area contributed by atoms with Gasteiger partial charge >= 0.3 is 0 Å². The quantitative estimate of drug-likeness (QED) is 0.513. The molecule has 1 N–H and O–H groups in total. The molecule has 2 heterocycles. The fraction of sp³-hybridized carbons (Fsp3) is 0.381. The van der Waals surface area contributed by atoms with Gasteiger partial charge in [0.05, 0.1) is 10.6 Å². The number of hydrogen-bond donors (Lipinski definition) is 1. The molecule has 0 saturated heterocycles. The molecule has 2 aromatic heterocycles. The molecule has 1 amide bonds. The summed E-state index contributed by atoms with van der Waals surface area (Å²) in [4.78, 5) is 36.8. The van der Waals surface area contributed by atoms with Gasteiger partial charge < -0.3 is 9.88 Å². The van der Waals surface area contributed by atoms with E-state index in [1.54, 1.807) is 23.3 Å². The van der Waals surface area contributed by atoms with E-state index >= 15 is 0 Å². The third-order valence-corrected chi connectivity index (χ3v) is 7.37. The molecule has 0 fully saturated rings. The number of carbonyl (C=O) groups is 1. The van der Waals surface area contributed by atoms with E-state index in [2.05, 4.69) is 16.9 Å². The predicted molar refractivity (Wildman–Crippen MR) is 117 cm³/mol. The predicted octanol–water partition coefficient (Wildman–Crippen LogP) is 4.25. The maximum atomic E-state index is 12.8. The lowest BCUT2D eigenvalue weighted by molar-refractivity contribution is -0.117. The van der Waals surface area contributed by atoms with E-state index in [9.17, 15) is 9.59 Å². The van der Waals surface area contributed by atoms with Crippen molar-refractivity contribution >= 4 is 44.9 Å². The maximum Gasteiger partial charge on any atom is 0.260 e. The van der Waals surface area contributed by atoms with Crippen molar-refractivity contribution in [3.8, 4) is 0 Å². The van der Waals surface area contributed by atoms with Crippen molar-refractivity contribution in [2.75, 3.05) is 11.9 Å². The number of hydrogen-bond acceptors (Lipinski definition) is 5. The van der Waals surface area contributed by atoms with Crippen LogP contribution in [0.1, 0.15) is 30.7 Å². The Morgan fingerprint density at radius 2 is 2.11 bits per heavy atom. The van der Waals surface area contributed by atoms with E-state index in [0.29, 0.717) is 11.1 Å². The average molecular weight is 414 g/mol. The van der Waals surface area contributed by atoms with E-state index in [-0.39, 0.29) is 16.7 Å². The molecule has 0 unspecified atom stereocenters. The van der Waals surface area contributed by atoms with Crippen molar-refractivity contribution in [3.05, 3.63) is 51.1 Å². The summed E-state index contributed by atoms with van der Waals surface area (Å²) < 4.78 is 0. The first-order chi connectivity index (χ1) is 13.4. The second kappa shape index (κ2) is 7.72. The number of thioether (sulfide) groups is 1. The number of nitrogens with one attached hydrogen (secondary N) is 1. The van der Waals surface area contributed by atoms with Crippen LogP contribution in [0, 0.1) is 5.92 Å². The van der Waals surface area contributed by atoms with Gasteiger partial charge in [0.15, 0.2) is 5.16 Å². The van der Waals surface area contributed by atoms with Crippen LogP contribution < -0.4 is 10.5 Å². The largest absolute Gasteiger partial charge is 0.315 e. The second-order valence-corrected chi connectivity index (χ2v) is 9.81. The summed E-state index contributed by atoms with van der Waals surface area (Å²) in [5.41, 5.74) is 1.93. The van der Waals surface area contributed by atoms with Gasteiger partial charge in [-0.05, 0) is 49.8 Å². The number of carbonyl (C=O) groups excluding carboxylic acids is 1. The number of aromatic nitrogens is 2. The zero-order chi connectivity index (χ0) is 19.8. The van der Waals surface area contributed by atoms with E-state index < -0.39 is 0 Å². The molecule has 0 spiro atoms. The molecule has 3 aromatic rings. The molecule has 0 saturated carbocycles. The first-order valence-electron chi connectivity index (χ1n) is 9.48. The number of aryl methyl sites for hydroxylation is 1. The molecule has 4 rings (SSSR count). The van der Waals surface area contributed by atoms with Crippen molar-refractivity contribution in [3.63, 3.8) is 0 Å². The van der Waals surface area contributed by atoms with Crippen LogP contribution in [-0.4, -0.2) is 28.2 Å². The Bertz CT molecular complexity index is 1070. The van der Waals surface area contributed by atoms with Crippen molar-refractivity contribution in [1.29, 1.82) is 0 Å². The SMILES string of the molecule is C[C@H]1CCc2c(sc3nc(S[C@@H](C)C(=O)N(C)c4ccccc4)[nH]c(=O)c23)C1. The van der Waals surface area contributed by atoms with E-state index in [1.165, 1.54) is 22.2 Å². The number of rotatable bonds is 4. The minimum atomic E-state index is -0.361. The van der Waals surface area contributed by atoms with Crippen molar-refractivity contribution < 1.29 is 4.79 Å². The summed E-state index contributed by atoms with van der Waals surface area (Å²) >= 11 is 2.93. The minimum absolute atomic E-state index is 0.0294. The molecule has 7 heteroatoms. The number of H-pyrrole nitrogens is 1. The van der Waals surface area contributed by atoms with Gasteiger partial charge in [-0.1, -0.05) is 36.9 Å². The van der Waals surface area contributed by atoms with Crippen LogP contribution in [0.4, 0.5) is 5.69 Å². The van der Waals surface area contributed by atoms with Gasteiger partial charge in [-0.25, -0.2) is 4.98 Å². The molecule has 5 nitrogen and oxygen atoms in total. The third-order valence-electron chi connectivity index (χ3n) is 5.25. The molecular formula is C21H23N3O2S2. The molecule has 0 radical (unpaired) electrons. The Morgan fingerprint density at radius 1 is 1.36 bits per heavy atom. The van der Waals surface area contributed by atoms with Crippen LogP contribution in [0.2, 0.25) is 0 Å². The summed E-state index contributed by atoms with van der Waals surface area (Å²) in [6.07, 6.45) is 3.09. The van der Waals surface area contributed by atoms with Gasteiger partial charge in [0, 0.05) is 17.6 Å². The van der Waals surface area contributed by atoms with Gasteiger partial charge in [0.2, 0.25) is 5.91 Å². The molecule has 0 bridgehead atoms. The summed E-state index contributed by atoms with van der Waals surface area (Å²) in [5.74, 6) is 0.623. The number of aromatic amines is 1. The van der Waals surface area contributed by atoms with Crippen LogP contribution in [0.5, 0.6) is 0 Å². The molecule has 2 atom stereocenters. The number of para-hydroxylation sites is 1. The Kier molecular flexibility index (Phi) is 5.29. The summed E-state index contributed by atoms with van der Waals surface area (Å²) in [6.45, 7) is 4.10. The fourth-order valence-corrected chi connectivity index (χ4v) is 5.98. The Labute approximate surface area is 172 Å². The average Bonchev–Trinajstić information content (AvgIpc) is 3.05. The highest BCUT2D eigenvalue weighted by molar-refractivity contribution is 8.00. The lowest BCUT2D eigenvalue weighted by atomic mass is 9.89. The number of thiophene rings is 1. The Morgan fingerprint density at radius 3 is 2.86 bits per heavy atom. The number of amides is 1. The smallest absolute Gasteiger partial charge is 0.260 e. The van der Waals surface area contributed by atoms with Gasteiger partial charge in [-0.3, -0.25) is 9.59 Å². The highest BCUT2D eigenvalue weighted by atomic mass is 32.2. The molecular weight excluding hydrogens is 390 g/mol. The standard InChI is InChI=1S/C21H23N3O2S2/c1-12-9-10-15-16(11-12)28-19-17(15)18(25)22-21(23-19)27-13(2)20(26)24(3)14-7-5-4-6-8-14/h4-8,12-13H,9-11H2,1-3H3,(H,22,23,25)/t12-,13-/m0/s1. The number of benzene rings is 1. The van der Waals surface area contributed by atoms with Crippen LogP contribution in [0.25, 0.3) is 10.2 Å². The Hall–Kier alpha value is -2.12. The van der Waals surface area contributed by atoms with Crippen molar-refractivity contribution in [1.82, 2.24) is 9.97 Å². The van der Waals surface area contributed by atoms with E-state index in [0.717, 1.165) is 35.2 Å². The van der Waals surface area contributed by atoms with Crippen molar-refractivity contribution in [2.45, 2.75) is 43.5 Å². The van der Waals surface area contributed by atoms with Crippen LogP contribution in [0.15, 0.2) is 40.3 Å². The highest BCUT2D eigenvalue weighted by Gasteiger charge is 2.25. The minimum Gasteiger partial charge on any atom is -0.315 e. The molecule has 1 aromatic carbocycles. The van der Waals surface area contributed by atoms with Gasteiger partial charge in [0.1, 0.15) is 4.83 Å². The van der Waals surface area contributed by atoms with E-state index in [1.807, 2.05) is 37.3 Å². The van der Waals surface area contributed by atoms with Crippen LogP contribution >= 0.6 is 23.1 Å². The first kappa shape index (κ1) is 19.2. The zero-order valence-corrected chi connectivity index (χ0v) is 17.8. The topological polar surface area (TPSA) is 66.1 Å². The molecule has 0 aliphatic heterocycles. The number of anilines is 1. The van der Waals surface area contributed by atoms with Crippen molar-refractivity contribution in [2.24, 2.45) is 5.92 Å². The van der Waals surface area contributed by atoms with Gasteiger partial charge in [0.25, 0.3) is 5.56 Å². The molecule has 28 heavy (non-hydrogen) atoms. The molecule has 146 valence electrons. The fourth-order valence-electron chi connectivity index (χ4n) is 3.65. The zero-order valence-electron chi connectivity index (χ0n) is 16.2. The highest BCUT2D eigenvalue weighted by Crippen LogP contribution is 2.36. The van der Waals surface area contributed by atoms with Crippen LogP contribution in [0.3, 0.4) is 0 Å². The third kappa shape index (κ3) is 3.61. The number of fused-ring (bicyclic) bond motifs is 3. The lowest BCUT2D eigenvalue weighted by Gasteiger charge is -2.20. The second-order valence-electron chi connectivity index (χ2n) is 7.40. The molecule has 1 aliphatic carbocycles. The number of nitrogens with zero attached hydrogens (tertiary/aromatic N) is 2. The Balaban J connectivity index is 1.58. The first-order valence-corrected chi connectivity index (χ1v) is 11.2. The summed E-state index contributed by atoms with van der Waals surface area (Å²) in [6, 6.07) is 9.54. The maximum absolute atomic E-state index is 12.8. The molecule has 1 aliphatic rings. The van der Waals surface area contributed by atoms with Gasteiger partial charge in [-0.15, -0.1) is 11.3 Å². The summed E-state index contributed by atoms with van der Waals surface area (Å²) in [5, 5.41) is 0.892. The lowest BCUT2D eigenvalue weighted by Crippen LogP contribution is -2.33. The summed E-state index contributed by atoms with van der Waals surface area (Å²) in [7, 11) is 1.77. The van der Waals surface area contributed by atoms with Crippen LogP contribution in [-0.2, 0) is 17.6 Å². The monoisotopic (exact) mass is 413 g/mol. The normalized spacial score (nSPS) is 17.3. The van der Waals surface area contributed by atoms with E-state index in [4.69, 9.17) is 0 Å². The van der Waals surface area contributed by atoms with Gasteiger partial charge in [-0.2, -0.15) is 0 Å².